The Hall–Kier alpha value is -2.34. The molecule has 1 atom stereocenters. The molecule has 0 heterocycles. The van der Waals surface area contributed by atoms with Crippen LogP contribution in [0.1, 0.15) is 24.5 Å². The number of nitriles is 1. The number of anilines is 1. The lowest BCUT2D eigenvalue weighted by molar-refractivity contribution is 0.621. The molecule has 0 aromatic heterocycles. The van der Waals surface area contributed by atoms with Gasteiger partial charge in [-0.05, 0) is 43.5 Å². The van der Waals surface area contributed by atoms with Gasteiger partial charge in [-0.25, -0.2) is 4.39 Å². The second kappa shape index (κ2) is 6.72. The largest absolute Gasteiger partial charge is 0.380 e. The van der Waals surface area contributed by atoms with E-state index in [0.717, 1.165) is 12.8 Å². The fourth-order valence-electron chi connectivity index (χ4n) is 2.07. The van der Waals surface area contributed by atoms with E-state index >= 15 is 0 Å². The van der Waals surface area contributed by atoms with Crippen molar-refractivity contribution in [2.75, 3.05) is 5.32 Å². The van der Waals surface area contributed by atoms with Gasteiger partial charge in [0.2, 0.25) is 0 Å². The third kappa shape index (κ3) is 3.83. The zero-order valence-electron chi connectivity index (χ0n) is 11.4. The van der Waals surface area contributed by atoms with Gasteiger partial charge in [0.15, 0.2) is 0 Å². The first kappa shape index (κ1) is 14.1. The van der Waals surface area contributed by atoms with Gasteiger partial charge in [0, 0.05) is 6.04 Å². The highest BCUT2D eigenvalue weighted by Gasteiger charge is 2.07. The van der Waals surface area contributed by atoms with E-state index < -0.39 is 0 Å². The van der Waals surface area contributed by atoms with Gasteiger partial charge in [-0.3, -0.25) is 0 Å². The summed E-state index contributed by atoms with van der Waals surface area (Å²) in [4.78, 5) is 0. The quantitative estimate of drug-likeness (QED) is 0.885. The molecule has 0 radical (unpaired) electrons. The van der Waals surface area contributed by atoms with Gasteiger partial charge in [-0.15, -0.1) is 0 Å². The summed E-state index contributed by atoms with van der Waals surface area (Å²) in [6.07, 6.45) is 1.87. The van der Waals surface area contributed by atoms with Crippen LogP contribution >= 0.6 is 0 Å². The molecular weight excluding hydrogens is 251 g/mol. The smallest absolute Gasteiger partial charge is 0.147 e. The van der Waals surface area contributed by atoms with Crippen LogP contribution in [0.25, 0.3) is 0 Å². The first-order chi connectivity index (χ1) is 9.69. The summed E-state index contributed by atoms with van der Waals surface area (Å²) in [5.41, 5.74) is 2.07. The van der Waals surface area contributed by atoms with E-state index in [4.69, 9.17) is 5.26 Å². The topological polar surface area (TPSA) is 35.8 Å². The predicted octanol–water partition coefficient (Wildman–Crippen LogP) is 4.13. The minimum absolute atomic E-state index is 0.164. The number of benzene rings is 2. The summed E-state index contributed by atoms with van der Waals surface area (Å²) in [7, 11) is 0. The van der Waals surface area contributed by atoms with Gasteiger partial charge in [0.05, 0.1) is 17.3 Å². The highest BCUT2D eigenvalue weighted by atomic mass is 19.1. The Morgan fingerprint density at radius 3 is 2.60 bits per heavy atom. The molecule has 2 nitrogen and oxygen atoms in total. The van der Waals surface area contributed by atoms with Crippen molar-refractivity contribution in [3.05, 3.63) is 65.5 Å². The average Bonchev–Trinajstić information content (AvgIpc) is 2.48. The van der Waals surface area contributed by atoms with E-state index in [0.29, 0.717) is 11.3 Å². The highest BCUT2D eigenvalue weighted by molar-refractivity contribution is 5.49. The monoisotopic (exact) mass is 268 g/mol. The van der Waals surface area contributed by atoms with Crippen molar-refractivity contribution in [3.8, 4) is 6.07 Å². The van der Waals surface area contributed by atoms with E-state index in [1.165, 1.54) is 11.6 Å². The number of hydrogen-bond donors (Lipinski definition) is 1. The zero-order chi connectivity index (χ0) is 14.4. The molecule has 0 bridgehead atoms. The van der Waals surface area contributed by atoms with Gasteiger partial charge in [0.25, 0.3) is 0 Å². The summed E-state index contributed by atoms with van der Waals surface area (Å²) in [5, 5.41) is 11.9. The molecule has 2 rings (SSSR count). The second-order valence-corrected chi connectivity index (χ2v) is 4.88. The van der Waals surface area contributed by atoms with Gasteiger partial charge in [-0.1, -0.05) is 30.3 Å². The fraction of sp³-hybridized carbons (Fsp3) is 0.235. The SMILES string of the molecule is CC(CCc1ccccc1)Nc1ccc(C#N)cc1F. The Kier molecular flexibility index (Phi) is 4.73. The minimum atomic E-state index is -0.379. The number of aryl methyl sites for hydroxylation is 1. The summed E-state index contributed by atoms with van der Waals surface area (Å²) >= 11 is 0. The molecule has 20 heavy (non-hydrogen) atoms. The Labute approximate surface area is 118 Å². The number of nitrogens with one attached hydrogen (secondary N) is 1. The lowest BCUT2D eigenvalue weighted by Crippen LogP contribution is -2.16. The van der Waals surface area contributed by atoms with E-state index in [1.807, 2.05) is 31.2 Å². The Morgan fingerprint density at radius 2 is 1.95 bits per heavy atom. The van der Waals surface area contributed by atoms with Gasteiger partial charge in [0.1, 0.15) is 5.82 Å². The third-order valence-electron chi connectivity index (χ3n) is 3.21. The van der Waals surface area contributed by atoms with Crippen molar-refractivity contribution in [1.82, 2.24) is 0 Å². The van der Waals surface area contributed by atoms with Crippen molar-refractivity contribution in [2.24, 2.45) is 0 Å². The van der Waals surface area contributed by atoms with Crippen LogP contribution in [0.4, 0.5) is 10.1 Å². The maximum Gasteiger partial charge on any atom is 0.147 e. The first-order valence-corrected chi connectivity index (χ1v) is 6.69. The number of nitrogens with zero attached hydrogens (tertiary/aromatic N) is 1. The number of halogens is 1. The molecule has 2 aromatic carbocycles. The van der Waals surface area contributed by atoms with Crippen LogP contribution in [-0.2, 0) is 6.42 Å². The molecule has 102 valence electrons. The van der Waals surface area contributed by atoms with Gasteiger partial charge in [-0.2, -0.15) is 5.26 Å². The van der Waals surface area contributed by atoms with E-state index in [2.05, 4.69) is 17.4 Å². The maximum atomic E-state index is 13.7. The molecular formula is C17H17FN2. The van der Waals surface area contributed by atoms with Crippen LogP contribution < -0.4 is 5.32 Å². The van der Waals surface area contributed by atoms with Crippen molar-refractivity contribution in [1.29, 1.82) is 5.26 Å². The Bertz CT molecular complexity index is 602. The van der Waals surface area contributed by atoms with Crippen molar-refractivity contribution in [3.63, 3.8) is 0 Å². The molecule has 1 unspecified atom stereocenters. The summed E-state index contributed by atoms with van der Waals surface area (Å²) in [6.45, 7) is 2.03. The standard InChI is InChI=1S/C17H17FN2/c1-13(7-8-14-5-3-2-4-6-14)20-17-10-9-15(12-19)11-16(17)18/h2-6,9-11,13,20H,7-8H2,1H3. The van der Waals surface area contributed by atoms with Crippen molar-refractivity contribution >= 4 is 5.69 Å². The summed E-state index contributed by atoms with van der Waals surface area (Å²) in [5.74, 6) is -0.379. The molecule has 0 aliphatic rings. The predicted molar refractivity (Wildman–Crippen MR) is 79.0 cm³/mol. The van der Waals surface area contributed by atoms with Gasteiger partial charge >= 0.3 is 0 Å². The minimum Gasteiger partial charge on any atom is -0.380 e. The molecule has 0 saturated carbocycles. The number of hydrogen-bond acceptors (Lipinski definition) is 2. The second-order valence-electron chi connectivity index (χ2n) is 4.88. The summed E-state index contributed by atoms with van der Waals surface area (Å²) in [6, 6.07) is 16.8. The molecule has 3 heteroatoms. The lowest BCUT2D eigenvalue weighted by Gasteiger charge is -2.16. The van der Waals surface area contributed by atoms with Crippen LogP contribution in [-0.4, -0.2) is 6.04 Å². The van der Waals surface area contributed by atoms with E-state index in [9.17, 15) is 4.39 Å². The van der Waals surface area contributed by atoms with Crippen LogP contribution in [0.15, 0.2) is 48.5 Å². The van der Waals surface area contributed by atoms with Crippen LogP contribution in [0.2, 0.25) is 0 Å². The molecule has 0 fully saturated rings. The van der Waals surface area contributed by atoms with Crippen LogP contribution in [0, 0.1) is 17.1 Å². The van der Waals surface area contributed by atoms with Gasteiger partial charge < -0.3 is 5.32 Å². The Balaban J connectivity index is 1.91. The van der Waals surface area contributed by atoms with E-state index in [1.54, 1.807) is 12.1 Å². The molecule has 0 spiro atoms. The van der Waals surface area contributed by atoms with Crippen LogP contribution in [0.3, 0.4) is 0 Å². The summed E-state index contributed by atoms with van der Waals surface area (Å²) < 4.78 is 13.7. The van der Waals surface area contributed by atoms with Crippen LogP contribution in [0.5, 0.6) is 0 Å². The lowest BCUT2D eigenvalue weighted by atomic mass is 10.1. The van der Waals surface area contributed by atoms with Crippen molar-refractivity contribution < 1.29 is 4.39 Å². The molecule has 0 aliphatic carbocycles. The Morgan fingerprint density at radius 1 is 1.20 bits per heavy atom. The average molecular weight is 268 g/mol. The molecule has 1 N–H and O–H groups in total. The molecule has 0 amide bonds. The molecule has 0 aliphatic heterocycles. The highest BCUT2D eigenvalue weighted by Crippen LogP contribution is 2.17. The maximum absolute atomic E-state index is 13.7. The number of rotatable bonds is 5. The molecule has 2 aromatic rings. The molecule has 0 saturated heterocycles. The van der Waals surface area contributed by atoms with E-state index in [-0.39, 0.29) is 11.9 Å². The zero-order valence-corrected chi connectivity index (χ0v) is 11.4. The first-order valence-electron chi connectivity index (χ1n) is 6.69. The third-order valence-corrected chi connectivity index (χ3v) is 3.21. The fourth-order valence-corrected chi connectivity index (χ4v) is 2.07. The van der Waals surface area contributed by atoms with Crippen molar-refractivity contribution in [2.45, 2.75) is 25.8 Å². The normalized spacial score (nSPS) is 11.7.